The molecule has 0 bridgehead atoms. The number of aromatic nitrogens is 1. The van der Waals surface area contributed by atoms with Crippen molar-refractivity contribution < 1.29 is 23.8 Å². The maximum Gasteiger partial charge on any atom is 0.337 e. The van der Waals surface area contributed by atoms with E-state index in [9.17, 15) is 9.59 Å². The van der Waals surface area contributed by atoms with E-state index in [2.05, 4.69) is 39.2 Å². The van der Waals surface area contributed by atoms with Crippen LogP contribution >= 0.6 is 0 Å². The molecule has 5 rings (SSSR count). The summed E-state index contributed by atoms with van der Waals surface area (Å²) in [6.07, 6.45) is 4.49. The van der Waals surface area contributed by atoms with E-state index >= 15 is 0 Å². The van der Waals surface area contributed by atoms with Crippen molar-refractivity contribution in [2.45, 2.75) is 26.7 Å². The fraction of sp³-hybridized carbons (Fsp3) is 0.306. The smallest absolute Gasteiger partial charge is 0.337 e. The van der Waals surface area contributed by atoms with Crippen LogP contribution < -0.4 is 10.2 Å². The minimum atomic E-state index is -0.553. The highest BCUT2D eigenvalue weighted by atomic mass is 16.5. The second-order valence-corrected chi connectivity index (χ2v) is 10.5. The molecule has 3 heterocycles. The number of hydrogen-bond acceptors (Lipinski definition) is 8. The summed E-state index contributed by atoms with van der Waals surface area (Å²) in [6, 6.07) is 21.8. The predicted octanol–water partition coefficient (Wildman–Crippen LogP) is 4.91. The summed E-state index contributed by atoms with van der Waals surface area (Å²) >= 11 is 0. The average molecular weight is 592 g/mol. The molecule has 0 amide bonds. The van der Waals surface area contributed by atoms with Crippen LogP contribution in [0.25, 0.3) is 5.70 Å². The molecule has 2 aliphatic heterocycles. The third-order valence-corrected chi connectivity index (χ3v) is 7.66. The number of carbonyl (C=O) groups is 2. The number of anilines is 1. The number of benzene rings is 2. The van der Waals surface area contributed by atoms with Crippen LogP contribution in [0.4, 0.5) is 5.69 Å². The van der Waals surface area contributed by atoms with Gasteiger partial charge >= 0.3 is 11.9 Å². The third kappa shape index (κ3) is 7.55. The molecule has 1 aromatic heterocycles. The van der Waals surface area contributed by atoms with Gasteiger partial charge in [-0.15, -0.1) is 0 Å². The quantitative estimate of drug-likeness (QED) is 0.277. The fourth-order valence-corrected chi connectivity index (χ4v) is 5.54. The van der Waals surface area contributed by atoms with Gasteiger partial charge in [0.1, 0.15) is 0 Å². The lowest BCUT2D eigenvalue weighted by Gasteiger charge is -2.32. The van der Waals surface area contributed by atoms with Crippen molar-refractivity contribution in [3.05, 3.63) is 113 Å². The number of nitrogens with one attached hydrogen (secondary N) is 1. The molecule has 226 valence electrons. The zero-order valence-electron chi connectivity index (χ0n) is 25.2. The van der Waals surface area contributed by atoms with Crippen LogP contribution in [0.3, 0.4) is 0 Å². The SMILES string of the molecule is CCOC(=O)C1=C(c2ccc(N3CCOCC3)cc2)NC(C)=C(C(=O)OCC#Cc2cccnc2)C1CCc1ccccc1. The van der Waals surface area contributed by atoms with Gasteiger partial charge in [-0.05, 0) is 62.1 Å². The van der Waals surface area contributed by atoms with Crippen LogP contribution in [-0.2, 0) is 30.2 Å². The van der Waals surface area contributed by atoms with E-state index in [0.29, 0.717) is 48.6 Å². The summed E-state index contributed by atoms with van der Waals surface area (Å²) in [5.41, 5.74) is 5.87. The van der Waals surface area contributed by atoms with E-state index < -0.39 is 17.9 Å². The highest BCUT2D eigenvalue weighted by Crippen LogP contribution is 2.38. The highest BCUT2D eigenvalue weighted by Gasteiger charge is 2.38. The Balaban J connectivity index is 1.47. The van der Waals surface area contributed by atoms with Gasteiger partial charge in [-0.2, -0.15) is 0 Å². The van der Waals surface area contributed by atoms with E-state index in [1.54, 1.807) is 25.4 Å². The van der Waals surface area contributed by atoms with Gasteiger partial charge in [0.2, 0.25) is 0 Å². The van der Waals surface area contributed by atoms with Gasteiger partial charge in [0.15, 0.2) is 6.61 Å². The Morgan fingerprint density at radius 3 is 2.43 bits per heavy atom. The fourth-order valence-electron chi connectivity index (χ4n) is 5.54. The molecule has 44 heavy (non-hydrogen) atoms. The number of nitrogens with zero attached hydrogens (tertiary/aromatic N) is 2. The Morgan fingerprint density at radius 2 is 1.73 bits per heavy atom. The minimum Gasteiger partial charge on any atom is -0.463 e. The number of pyridine rings is 1. The van der Waals surface area contributed by atoms with Crippen LogP contribution in [0.15, 0.2) is 96.0 Å². The molecule has 3 aromatic rings. The molecule has 1 N–H and O–H groups in total. The van der Waals surface area contributed by atoms with E-state index in [-0.39, 0.29) is 13.2 Å². The normalized spacial score (nSPS) is 16.5. The number of dihydropyridines is 1. The van der Waals surface area contributed by atoms with Crippen LogP contribution in [0.1, 0.15) is 37.0 Å². The van der Waals surface area contributed by atoms with Crippen LogP contribution in [0.2, 0.25) is 0 Å². The molecule has 0 radical (unpaired) electrons. The number of carbonyl (C=O) groups excluding carboxylic acids is 2. The van der Waals surface area contributed by atoms with Crippen LogP contribution in [0, 0.1) is 17.8 Å². The monoisotopic (exact) mass is 591 g/mol. The lowest BCUT2D eigenvalue weighted by molar-refractivity contribution is -0.139. The maximum absolute atomic E-state index is 13.7. The number of ether oxygens (including phenoxy) is 3. The van der Waals surface area contributed by atoms with E-state index in [1.165, 1.54) is 0 Å². The number of morpholine rings is 1. The number of aryl methyl sites for hydroxylation is 1. The third-order valence-electron chi connectivity index (χ3n) is 7.66. The van der Waals surface area contributed by atoms with Crippen molar-refractivity contribution in [2.75, 3.05) is 44.4 Å². The van der Waals surface area contributed by atoms with Crippen molar-refractivity contribution >= 4 is 23.3 Å². The summed E-state index contributed by atoms with van der Waals surface area (Å²) < 4.78 is 16.7. The zero-order valence-corrected chi connectivity index (χ0v) is 25.2. The van der Waals surface area contributed by atoms with E-state index in [4.69, 9.17) is 14.2 Å². The summed E-state index contributed by atoms with van der Waals surface area (Å²) in [5, 5.41) is 3.38. The predicted molar refractivity (Wildman–Crippen MR) is 169 cm³/mol. The number of hydrogen-bond donors (Lipinski definition) is 1. The van der Waals surface area contributed by atoms with Crippen LogP contribution in [-0.4, -0.2) is 56.4 Å². The summed E-state index contributed by atoms with van der Waals surface area (Å²) in [7, 11) is 0. The first-order chi connectivity index (χ1) is 21.5. The molecule has 1 saturated heterocycles. The summed E-state index contributed by atoms with van der Waals surface area (Å²) in [4.78, 5) is 33.6. The Kier molecular flexibility index (Phi) is 10.5. The van der Waals surface area contributed by atoms with Crippen LogP contribution in [0.5, 0.6) is 0 Å². The number of rotatable bonds is 9. The first-order valence-corrected chi connectivity index (χ1v) is 15.0. The number of allylic oxidation sites excluding steroid dienone is 1. The summed E-state index contributed by atoms with van der Waals surface area (Å²) in [6.45, 7) is 6.80. The van der Waals surface area contributed by atoms with E-state index in [0.717, 1.165) is 35.5 Å². The Morgan fingerprint density at radius 1 is 0.977 bits per heavy atom. The lowest BCUT2D eigenvalue weighted by Crippen LogP contribution is -2.36. The molecule has 0 spiro atoms. The van der Waals surface area contributed by atoms with Crippen molar-refractivity contribution in [2.24, 2.45) is 5.92 Å². The van der Waals surface area contributed by atoms with Gasteiger partial charge in [0.25, 0.3) is 0 Å². The molecule has 0 aliphatic carbocycles. The van der Waals surface area contributed by atoms with Gasteiger partial charge in [-0.3, -0.25) is 4.98 Å². The molecule has 2 aromatic carbocycles. The molecule has 8 heteroatoms. The number of esters is 2. The van der Waals surface area contributed by atoms with Crippen molar-refractivity contribution in [3.8, 4) is 11.8 Å². The van der Waals surface area contributed by atoms with Gasteiger partial charge < -0.3 is 24.4 Å². The standard InChI is InChI=1S/C36H37N3O5/c1-3-43-36(41)33-31(18-13-27-9-5-4-6-10-27)32(35(40)44-22-8-12-28-11-7-19-37-25-28)26(2)38-34(33)29-14-16-30(17-15-29)39-20-23-42-24-21-39/h4-7,9-11,14-17,19,25,31,38H,3,13,18,20-24H2,1-2H3. The Labute approximate surface area is 258 Å². The molecule has 0 saturated carbocycles. The van der Waals surface area contributed by atoms with Gasteiger partial charge in [0.05, 0.1) is 36.7 Å². The molecule has 1 atom stereocenters. The summed E-state index contributed by atoms with van der Waals surface area (Å²) in [5.74, 6) is 4.32. The molecule has 8 nitrogen and oxygen atoms in total. The van der Waals surface area contributed by atoms with Gasteiger partial charge in [-0.1, -0.05) is 54.3 Å². The van der Waals surface area contributed by atoms with Crippen molar-refractivity contribution in [1.82, 2.24) is 10.3 Å². The molecular formula is C36H37N3O5. The largest absolute Gasteiger partial charge is 0.463 e. The zero-order chi connectivity index (χ0) is 30.7. The van der Waals surface area contributed by atoms with Crippen molar-refractivity contribution in [3.63, 3.8) is 0 Å². The molecule has 1 unspecified atom stereocenters. The first-order valence-electron chi connectivity index (χ1n) is 15.0. The molecular weight excluding hydrogens is 554 g/mol. The topological polar surface area (TPSA) is 90.0 Å². The minimum absolute atomic E-state index is 0.0930. The van der Waals surface area contributed by atoms with Gasteiger partial charge in [-0.25, -0.2) is 9.59 Å². The molecule has 2 aliphatic rings. The Hall–Kier alpha value is -4.87. The van der Waals surface area contributed by atoms with Gasteiger partial charge in [0, 0.05) is 48.3 Å². The lowest BCUT2D eigenvalue weighted by atomic mass is 9.80. The highest BCUT2D eigenvalue weighted by molar-refractivity contribution is 6.03. The first kappa shape index (κ1) is 30.6. The maximum atomic E-state index is 13.7. The average Bonchev–Trinajstić information content (AvgIpc) is 3.07. The Bertz CT molecular complexity index is 1560. The second-order valence-electron chi connectivity index (χ2n) is 10.5. The second kappa shape index (κ2) is 15.0. The van der Waals surface area contributed by atoms with E-state index in [1.807, 2.05) is 55.5 Å². The van der Waals surface area contributed by atoms with Crippen molar-refractivity contribution in [1.29, 1.82) is 0 Å². The molecule has 1 fully saturated rings.